The quantitative estimate of drug-likeness (QED) is 0.171. The number of carbonyl (C=O) groups excluding carboxylic acids is 2. The van der Waals surface area contributed by atoms with Gasteiger partial charge in [-0.15, -0.1) is 0 Å². The number of methoxy groups -OCH3 is 4. The number of furan rings is 2. The topological polar surface area (TPSA) is 142 Å². The van der Waals surface area contributed by atoms with Gasteiger partial charge in [0.1, 0.15) is 47.2 Å². The zero-order chi connectivity index (χ0) is 30.0. The van der Waals surface area contributed by atoms with E-state index in [1.807, 2.05) is 0 Å². The van der Waals surface area contributed by atoms with Gasteiger partial charge in [-0.3, -0.25) is 9.59 Å². The van der Waals surface area contributed by atoms with Crippen molar-refractivity contribution in [1.82, 2.24) is 10.2 Å². The molecule has 0 aliphatic rings. The van der Waals surface area contributed by atoms with Gasteiger partial charge in [-0.05, 0) is 38.1 Å². The highest BCUT2D eigenvalue weighted by Gasteiger charge is 2.29. The van der Waals surface area contributed by atoms with Crippen molar-refractivity contribution in [2.75, 3.05) is 28.4 Å². The lowest BCUT2D eigenvalue weighted by Gasteiger charge is -2.18. The lowest BCUT2D eigenvalue weighted by molar-refractivity contribution is 0.0996. The van der Waals surface area contributed by atoms with Gasteiger partial charge in [-0.1, -0.05) is 0 Å². The summed E-state index contributed by atoms with van der Waals surface area (Å²) in [6.45, 7) is 2.76. The Bertz CT molecular complexity index is 1660. The van der Waals surface area contributed by atoms with Crippen molar-refractivity contribution in [3.63, 3.8) is 0 Å². The Hall–Kier alpha value is -5.26. The minimum absolute atomic E-state index is 0.0329. The van der Waals surface area contributed by atoms with Crippen molar-refractivity contribution in [2.24, 2.45) is 0 Å². The van der Waals surface area contributed by atoms with Crippen molar-refractivity contribution >= 4 is 33.5 Å². The van der Waals surface area contributed by atoms with Gasteiger partial charge in [-0.2, -0.15) is 10.2 Å². The van der Waals surface area contributed by atoms with Gasteiger partial charge in [-0.25, -0.2) is 0 Å². The smallest absolute Gasteiger partial charge is 0.205 e. The molecule has 218 valence electrons. The number of carbonyl (C=O) groups is 2. The van der Waals surface area contributed by atoms with E-state index in [0.717, 1.165) is 0 Å². The molecular formula is C30H28N2O10. The zero-order valence-electron chi connectivity index (χ0n) is 23.9. The van der Waals surface area contributed by atoms with Crippen LogP contribution in [0.2, 0.25) is 0 Å². The minimum Gasteiger partial charge on any atom is -0.495 e. The van der Waals surface area contributed by atoms with Crippen LogP contribution in [0.1, 0.15) is 46.0 Å². The number of Topliss-reactive ketones (excluding diaryl/α,β-unsaturated/α-hetero) is 2. The predicted octanol–water partition coefficient (Wildman–Crippen LogP) is 5.57. The van der Waals surface area contributed by atoms with E-state index in [4.69, 9.17) is 37.3 Å². The number of rotatable bonds is 12. The van der Waals surface area contributed by atoms with Crippen LogP contribution >= 0.6 is 0 Å². The third kappa shape index (κ3) is 4.80. The van der Waals surface area contributed by atoms with Crippen molar-refractivity contribution in [2.45, 2.75) is 27.1 Å². The summed E-state index contributed by atoms with van der Waals surface area (Å²) in [5.41, 5.74) is 2.15. The molecule has 12 heteroatoms. The highest BCUT2D eigenvalue weighted by atomic mass is 16.5. The summed E-state index contributed by atoms with van der Waals surface area (Å²) in [6.07, 6.45) is 2.96. The number of benzene rings is 2. The molecule has 5 rings (SSSR count). The molecular weight excluding hydrogens is 548 g/mol. The lowest BCUT2D eigenvalue weighted by Crippen LogP contribution is -2.09. The molecule has 0 spiro atoms. The molecule has 3 aromatic heterocycles. The molecule has 0 fully saturated rings. The van der Waals surface area contributed by atoms with E-state index in [2.05, 4.69) is 10.2 Å². The highest BCUT2D eigenvalue weighted by Crippen LogP contribution is 2.48. The maximum Gasteiger partial charge on any atom is 0.205 e. The first kappa shape index (κ1) is 28.3. The van der Waals surface area contributed by atoms with E-state index in [0.29, 0.717) is 44.8 Å². The molecule has 0 aliphatic heterocycles. The van der Waals surface area contributed by atoms with Crippen molar-refractivity contribution in [3.8, 4) is 34.5 Å². The SMILES string of the molecule is COc1c(C(C)=O)c(OCc2ccc(COc3c(C(C)=O)c(OC)c4ccoc4c3OC)nn2)c(OC)c2occc12. The van der Waals surface area contributed by atoms with Crippen molar-refractivity contribution in [1.29, 1.82) is 0 Å². The van der Waals surface area contributed by atoms with Gasteiger partial charge in [0.2, 0.25) is 11.5 Å². The van der Waals surface area contributed by atoms with Crippen LogP contribution in [0.4, 0.5) is 0 Å². The number of ether oxygens (including phenoxy) is 6. The molecule has 0 saturated heterocycles. The summed E-state index contributed by atoms with van der Waals surface area (Å²) in [6, 6.07) is 6.79. The van der Waals surface area contributed by atoms with Crippen LogP contribution in [-0.2, 0) is 13.2 Å². The average Bonchev–Trinajstić information content (AvgIpc) is 3.67. The first-order valence-corrected chi connectivity index (χ1v) is 12.7. The van der Waals surface area contributed by atoms with Crippen LogP contribution in [0.3, 0.4) is 0 Å². The normalized spacial score (nSPS) is 11.0. The molecule has 5 aromatic rings. The number of ketones is 2. The second-order valence-corrected chi connectivity index (χ2v) is 9.07. The van der Waals surface area contributed by atoms with E-state index in [-0.39, 0.29) is 58.9 Å². The molecule has 0 saturated carbocycles. The Balaban J connectivity index is 1.39. The summed E-state index contributed by atoms with van der Waals surface area (Å²) < 4.78 is 45.3. The second kappa shape index (κ2) is 11.7. The second-order valence-electron chi connectivity index (χ2n) is 9.07. The van der Waals surface area contributed by atoms with E-state index in [9.17, 15) is 9.59 Å². The maximum absolute atomic E-state index is 12.6. The van der Waals surface area contributed by atoms with Crippen LogP contribution in [-0.4, -0.2) is 50.2 Å². The molecule has 2 aromatic carbocycles. The van der Waals surface area contributed by atoms with E-state index >= 15 is 0 Å². The summed E-state index contributed by atoms with van der Waals surface area (Å²) >= 11 is 0. The molecule has 0 N–H and O–H groups in total. The molecule has 0 aliphatic carbocycles. The van der Waals surface area contributed by atoms with Gasteiger partial charge in [0.25, 0.3) is 0 Å². The van der Waals surface area contributed by atoms with Crippen LogP contribution < -0.4 is 28.4 Å². The van der Waals surface area contributed by atoms with E-state index < -0.39 is 0 Å². The minimum atomic E-state index is -0.272. The highest BCUT2D eigenvalue weighted by molar-refractivity contribution is 6.09. The van der Waals surface area contributed by atoms with Crippen LogP contribution in [0.25, 0.3) is 21.9 Å². The molecule has 0 bridgehead atoms. The zero-order valence-corrected chi connectivity index (χ0v) is 23.9. The van der Waals surface area contributed by atoms with Crippen molar-refractivity contribution < 1.29 is 46.8 Å². The number of aromatic nitrogens is 2. The maximum atomic E-state index is 12.6. The van der Waals surface area contributed by atoms with Gasteiger partial charge >= 0.3 is 0 Å². The van der Waals surface area contributed by atoms with Gasteiger partial charge in [0.15, 0.2) is 34.2 Å². The molecule has 0 radical (unpaired) electrons. The Kier molecular flexibility index (Phi) is 7.87. The lowest BCUT2D eigenvalue weighted by atomic mass is 10.0. The standard InChI is InChI=1S/C30H28N2O10/c1-15(33)21-23(35-3)19-9-11-39-25(19)29(37-5)27(21)41-13-17-7-8-18(32-31-17)14-42-28-22(16(2)34)24(36-4)20-10-12-40-26(20)30(28)38-6/h7-12H,13-14H2,1-6H3. The van der Waals surface area contributed by atoms with Gasteiger partial charge < -0.3 is 37.3 Å². The number of hydrogen-bond acceptors (Lipinski definition) is 12. The average molecular weight is 577 g/mol. The van der Waals surface area contributed by atoms with Crippen LogP contribution in [0.5, 0.6) is 34.5 Å². The largest absolute Gasteiger partial charge is 0.495 e. The Morgan fingerprint density at radius 1 is 0.595 bits per heavy atom. The Morgan fingerprint density at radius 2 is 0.976 bits per heavy atom. The fraction of sp³-hybridized carbons (Fsp3) is 0.267. The number of hydrogen-bond donors (Lipinski definition) is 0. The summed E-state index contributed by atoms with van der Waals surface area (Å²) in [4.78, 5) is 25.2. The summed E-state index contributed by atoms with van der Waals surface area (Å²) in [5.74, 6) is 0.972. The fourth-order valence-corrected chi connectivity index (χ4v) is 4.78. The first-order chi connectivity index (χ1) is 20.3. The summed E-state index contributed by atoms with van der Waals surface area (Å²) in [5, 5.41) is 9.63. The molecule has 0 atom stereocenters. The van der Waals surface area contributed by atoms with Crippen molar-refractivity contribution in [3.05, 3.63) is 59.3 Å². The number of fused-ring (bicyclic) bond motifs is 2. The van der Waals surface area contributed by atoms with Crippen LogP contribution in [0, 0.1) is 0 Å². The Labute approximate surface area is 240 Å². The number of nitrogens with zero attached hydrogens (tertiary/aromatic N) is 2. The molecule has 12 nitrogen and oxygen atoms in total. The molecule has 3 heterocycles. The summed E-state index contributed by atoms with van der Waals surface area (Å²) in [7, 11) is 5.85. The molecule has 0 amide bonds. The third-order valence-corrected chi connectivity index (χ3v) is 6.58. The molecule has 42 heavy (non-hydrogen) atoms. The van der Waals surface area contributed by atoms with Gasteiger partial charge in [0, 0.05) is 0 Å². The van der Waals surface area contributed by atoms with Gasteiger partial charge in [0.05, 0.1) is 51.7 Å². The monoisotopic (exact) mass is 576 g/mol. The fourth-order valence-electron chi connectivity index (χ4n) is 4.78. The predicted molar refractivity (Wildman–Crippen MR) is 149 cm³/mol. The van der Waals surface area contributed by atoms with E-state index in [1.165, 1.54) is 54.8 Å². The van der Waals surface area contributed by atoms with E-state index in [1.54, 1.807) is 24.3 Å². The molecule has 0 unspecified atom stereocenters. The first-order valence-electron chi connectivity index (χ1n) is 12.7. The third-order valence-electron chi connectivity index (χ3n) is 6.58. The van der Waals surface area contributed by atoms with Crippen LogP contribution in [0.15, 0.2) is 45.6 Å². The Morgan fingerprint density at radius 3 is 1.29 bits per heavy atom.